The van der Waals surface area contributed by atoms with Crippen molar-refractivity contribution >= 4 is 16.5 Å². The van der Waals surface area contributed by atoms with E-state index in [1.807, 2.05) is 0 Å². The Kier molecular flexibility index (Phi) is 2.52. The molecule has 0 spiro atoms. The molecule has 17 heavy (non-hydrogen) atoms. The van der Waals surface area contributed by atoms with Gasteiger partial charge in [0.2, 0.25) is 0 Å². The van der Waals surface area contributed by atoms with Crippen LogP contribution in [0.1, 0.15) is 12.8 Å². The first-order valence-electron chi connectivity index (χ1n) is 6.15. The third-order valence-electron chi connectivity index (χ3n) is 3.71. The first kappa shape index (κ1) is 10.6. The molecule has 2 aromatic rings. The Morgan fingerprint density at radius 1 is 1.06 bits per heavy atom. The molecule has 0 atom stereocenters. The van der Waals surface area contributed by atoms with Crippen LogP contribution in [-0.4, -0.2) is 18.3 Å². The van der Waals surface area contributed by atoms with Crippen molar-refractivity contribution in [2.24, 2.45) is 5.41 Å². The standard InChI is InChI=1S/C15H17NO/c17-11-15(7-8-15)10-16-14-6-5-12-3-1-2-4-13(12)9-14/h1-6,9,16-17H,7-8,10-11H2. The lowest BCUT2D eigenvalue weighted by molar-refractivity contribution is 0.220. The van der Waals surface area contributed by atoms with Crippen LogP contribution < -0.4 is 5.32 Å². The van der Waals surface area contributed by atoms with Crippen molar-refractivity contribution in [3.8, 4) is 0 Å². The second kappa shape index (κ2) is 4.04. The quantitative estimate of drug-likeness (QED) is 0.841. The molecule has 2 heteroatoms. The van der Waals surface area contributed by atoms with Gasteiger partial charge in [-0.1, -0.05) is 30.3 Å². The molecule has 0 heterocycles. The predicted molar refractivity (Wildman–Crippen MR) is 71.2 cm³/mol. The van der Waals surface area contributed by atoms with Gasteiger partial charge in [0.25, 0.3) is 0 Å². The number of anilines is 1. The van der Waals surface area contributed by atoms with Gasteiger partial charge in [0.1, 0.15) is 0 Å². The van der Waals surface area contributed by atoms with Crippen molar-refractivity contribution in [1.29, 1.82) is 0 Å². The SMILES string of the molecule is OCC1(CNc2ccc3ccccc3c2)CC1. The molecule has 0 bridgehead atoms. The summed E-state index contributed by atoms with van der Waals surface area (Å²) in [7, 11) is 0. The van der Waals surface area contributed by atoms with Crippen LogP contribution in [0, 0.1) is 5.41 Å². The summed E-state index contributed by atoms with van der Waals surface area (Å²) in [6, 6.07) is 14.8. The average Bonchev–Trinajstić information content (AvgIpc) is 3.17. The number of aliphatic hydroxyl groups excluding tert-OH is 1. The van der Waals surface area contributed by atoms with Crippen LogP contribution in [-0.2, 0) is 0 Å². The summed E-state index contributed by atoms with van der Waals surface area (Å²) in [5.74, 6) is 0. The van der Waals surface area contributed by atoms with Gasteiger partial charge in [-0.15, -0.1) is 0 Å². The number of nitrogens with one attached hydrogen (secondary N) is 1. The van der Waals surface area contributed by atoms with E-state index in [0.29, 0.717) is 6.61 Å². The van der Waals surface area contributed by atoms with Crippen molar-refractivity contribution in [2.45, 2.75) is 12.8 Å². The first-order chi connectivity index (χ1) is 8.31. The minimum Gasteiger partial charge on any atom is -0.396 e. The Hall–Kier alpha value is -1.54. The number of aliphatic hydroxyl groups is 1. The normalized spacial score (nSPS) is 17.0. The summed E-state index contributed by atoms with van der Waals surface area (Å²) in [4.78, 5) is 0. The van der Waals surface area contributed by atoms with E-state index >= 15 is 0 Å². The first-order valence-corrected chi connectivity index (χ1v) is 6.15. The fraction of sp³-hybridized carbons (Fsp3) is 0.333. The second-order valence-electron chi connectivity index (χ2n) is 5.07. The molecule has 0 aliphatic heterocycles. The van der Waals surface area contributed by atoms with Crippen molar-refractivity contribution in [2.75, 3.05) is 18.5 Å². The molecular weight excluding hydrogens is 210 g/mol. The molecule has 1 aliphatic carbocycles. The van der Waals surface area contributed by atoms with Crippen molar-refractivity contribution in [3.63, 3.8) is 0 Å². The molecule has 0 unspecified atom stereocenters. The van der Waals surface area contributed by atoms with E-state index in [4.69, 9.17) is 0 Å². The van der Waals surface area contributed by atoms with E-state index < -0.39 is 0 Å². The van der Waals surface area contributed by atoms with Crippen LogP contribution in [0.25, 0.3) is 10.8 Å². The highest BCUT2D eigenvalue weighted by Gasteiger charge is 2.41. The number of benzene rings is 2. The third kappa shape index (κ3) is 2.13. The van der Waals surface area contributed by atoms with E-state index in [0.717, 1.165) is 25.1 Å². The molecule has 3 rings (SSSR count). The number of hydrogen-bond donors (Lipinski definition) is 2. The van der Waals surface area contributed by atoms with Crippen LogP contribution in [0.5, 0.6) is 0 Å². The van der Waals surface area contributed by atoms with Gasteiger partial charge in [-0.2, -0.15) is 0 Å². The van der Waals surface area contributed by atoms with Crippen LogP contribution in [0.3, 0.4) is 0 Å². The molecular formula is C15H17NO. The smallest absolute Gasteiger partial charge is 0.0504 e. The topological polar surface area (TPSA) is 32.3 Å². The van der Waals surface area contributed by atoms with Crippen LogP contribution in [0.2, 0.25) is 0 Å². The zero-order valence-electron chi connectivity index (χ0n) is 9.82. The van der Waals surface area contributed by atoms with Crippen molar-refractivity contribution in [1.82, 2.24) is 0 Å². The van der Waals surface area contributed by atoms with Gasteiger partial charge in [-0.05, 0) is 35.7 Å². The summed E-state index contributed by atoms with van der Waals surface area (Å²) in [5, 5.41) is 15.2. The van der Waals surface area contributed by atoms with Gasteiger partial charge in [0, 0.05) is 17.6 Å². The molecule has 2 aromatic carbocycles. The maximum Gasteiger partial charge on any atom is 0.0504 e. The van der Waals surface area contributed by atoms with Crippen LogP contribution >= 0.6 is 0 Å². The molecule has 0 amide bonds. The Bertz CT molecular complexity index is 531. The lowest BCUT2D eigenvalue weighted by Gasteiger charge is -2.14. The molecule has 88 valence electrons. The molecule has 2 N–H and O–H groups in total. The Morgan fingerprint density at radius 3 is 2.53 bits per heavy atom. The highest BCUT2D eigenvalue weighted by Crippen LogP contribution is 2.44. The third-order valence-corrected chi connectivity index (χ3v) is 3.71. The van der Waals surface area contributed by atoms with E-state index in [2.05, 4.69) is 47.8 Å². The highest BCUT2D eigenvalue weighted by molar-refractivity contribution is 5.85. The van der Waals surface area contributed by atoms with Gasteiger partial charge in [0.05, 0.1) is 6.61 Å². The molecule has 0 aromatic heterocycles. The van der Waals surface area contributed by atoms with Gasteiger partial charge in [-0.3, -0.25) is 0 Å². The van der Waals surface area contributed by atoms with Crippen LogP contribution in [0.15, 0.2) is 42.5 Å². The maximum atomic E-state index is 9.27. The second-order valence-corrected chi connectivity index (χ2v) is 5.07. The number of hydrogen-bond acceptors (Lipinski definition) is 2. The molecule has 2 nitrogen and oxygen atoms in total. The monoisotopic (exact) mass is 227 g/mol. The lowest BCUT2D eigenvalue weighted by Crippen LogP contribution is -2.18. The summed E-state index contributed by atoms with van der Waals surface area (Å²) in [6.07, 6.45) is 2.29. The zero-order valence-corrected chi connectivity index (χ0v) is 9.82. The predicted octanol–water partition coefficient (Wildman–Crippen LogP) is 3.02. The highest BCUT2D eigenvalue weighted by atomic mass is 16.3. The van der Waals surface area contributed by atoms with Gasteiger partial charge in [-0.25, -0.2) is 0 Å². The zero-order chi connectivity index (χ0) is 11.7. The average molecular weight is 227 g/mol. The van der Waals surface area contributed by atoms with Crippen LogP contribution in [0.4, 0.5) is 5.69 Å². The van der Waals surface area contributed by atoms with Gasteiger partial charge < -0.3 is 10.4 Å². The largest absolute Gasteiger partial charge is 0.396 e. The Morgan fingerprint density at radius 2 is 1.82 bits per heavy atom. The molecule has 1 aliphatic rings. The number of rotatable bonds is 4. The van der Waals surface area contributed by atoms with Gasteiger partial charge in [0.15, 0.2) is 0 Å². The molecule has 1 saturated carbocycles. The fourth-order valence-corrected chi connectivity index (χ4v) is 2.16. The van der Waals surface area contributed by atoms with Gasteiger partial charge >= 0.3 is 0 Å². The Balaban J connectivity index is 1.77. The minimum atomic E-state index is 0.158. The van der Waals surface area contributed by atoms with E-state index in [1.54, 1.807) is 0 Å². The lowest BCUT2D eigenvalue weighted by atomic mass is 10.1. The van der Waals surface area contributed by atoms with E-state index in [1.165, 1.54) is 10.8 Å². The molecule has 1 fully saturated rings. The van der Waals surface area contributed by atoms with Crippen molar-refractivity contribution < 1.29 is 5.11 Å². The number of fused-ring (bicyclic) bond motifs is 1. The molecule has 0 radical (unpaired) electrons. The van der Waals surface area contributed by atoms with E-state index in [-0.39, 0.29) is 5.41 Å². The van der Waals surface area contributed by atoms with E-state index in [9.17, 15) is 5.11 Å². The Labute approximate surface area is 101 Å². The minimum absolute atomic E-state index is 0.158. The summed E-state index contributed by atoms with van der Waals surface area (Å²) >= 11 is 0. The van der Waals surface area contributed by atoms with Crippen molar-refractivity contribution in [3.05, 3.63) is 42.5 Å². The molecule has 0 saturated heterocycles. The summed E-state index contributed by atoms with van der Waals surface area (Å²) in [5.41, 5.74) is 1.30. The fourth-order valence-electron chi connectivity index (χ4n) is 2.16. The maximum absolute atomic E-state index is 9.27. The summed E-state index contributed by atoms with van der Waals surface area (Å²) in [6.45, 7) is 1.18. The summed E-state index contributed by atoms with van der Waals surface area (Å²) < 4.78 is 0.